The maximum absolute atomic E-state index is 13.1. The number of halogens is 5. The molecule has 158 valence electrons. The first-order valence-corrected chi connectivity index (χ1v) is 10.8. The Hall–Kier alpha value is -1.79. The quantitative estimate of drug-likeness (QED) is 0.495. The van der Waals surface area contributed by atoms with Crippen LogP contribution in [0.4, 0.5) is 24.5 Å². The predicted octanol–water partition coefficient (Wildman–Crippen LogP) is 5.55. The Morgan fingerprint density at radius 1 is 1.27 bits per heavy atom. The molecule has 11 heteroatoms. The minimum absolute atomic E-state index is 0.0208. The Kier molecular flexibility index (Phi) is 6.98. The van der Waals surface area contributed by atoms with Crippen LogP contribution in [0.3, 0.4) is 0 Å². The first kappa shape index (κ1) is 22.9. The van der Waals surface area contributed by atoms with Gasteiger partial charge in [0.15, 0.2) is 5.17 Å². The second-order valence-electron chi connectivity index (χ2n) is 6.32. The summed E-state index contributed by atoms with van der Waals surface area (Å²) in [5, 5.41) is 1.66. The number of rotatable bonds is 3. The molecule has 3 rings (SSSR count). The first-order valence-electron chi connectivity index (χ1n) is 8.49. The van der Waals surface area contributed by atoms with E-state index in [1.165, 1.54) is 18.0 Å². The molecule has 1 unspecified atom stereocenters. The summed E-state index contributed by atoms with van der Waals surface area (Å²) in [5.41, 5.74) is -0.459. The van der Waals surface area contributed by atoms with Crippen LogP contribution in [0, 0.1) is 3.57 Å². The Bertz CT molecular complexity index is 1020. The monoisotopic (exact) mass is 567 g/mol. The van der Waals surface area contributed by atoms with Gasteiger partial charge in [-0.05, 0) is 65.1 Å². The Morgan fingerprint density at radius 2 is 1.93 bits per heavy atom. The number of carbonyl (C=O) groups is 2. The third-order valence-electron chi connectivity index (χ3n) is 4.15. The third kappa shape index (κ3) is 5.46. The Balaban J connectivity index is 1.83. The molecule has 1 aliphatic rings. The van der Waals surface area contributed by atoms with Crippen LogP contribution in [0.15, 0.2) is 47.5 Å². The van der Waals surface area contributed by atoms with Gasteiger partial charge < -0.3 is 5.32 Å². The number of amidine groups is 1. The van der Waals surface area contributed by atoms with E-state index >= 15 is 0 Å². The van der Waals surface area contributed by atoms with Crippen molar-refractivity contribution in [3.8, 4) is 0 Å². The summed E-state index contributed by atoms with van der Waals surface area (Å²) in [7, 11) is 1.46. The maximum Gasteiger partial charge on any atom is 0.417 e. The van der Waals surface area contributed by atoms with Crippen LogP contribution in [0.25, 0.3) is 0 Å². The van der Waals surface area contributed by atoms with Gasteiger partial charge in [-0.25, -0.2) is 4.99 Å². The Morgan fingerprint density at radius 3 is 2.57 bits per heavy atom. The van der Waals surface area contributed by atoms with Crippen molar-refractivity contribution in [3.05, 3.63) is 56.6 Å². The van der Waals surface area contributed by atoms with Crippen LogP contribution in [-0.2, 0) is 15.8 Å². The van der Waals surface area contributed by atoms with Gasteiger partial charge in [0, 0.05) is 22.7 Å². The summed E-state index contributed by atoms with van der Waals surface area (Å²) >= 11 is 8.79. The molecule has 1 saturated heterocycles. The van der Waals surface area contributed by atoms with E-state index in [1.807, 2.05) is 12.1 Å². The highest BCUT2D eigenvalue weighted by atomic mass is 127. The first-order chi connectivity index (χ1) is 14.0. The van der Waals surface area contributed by atoms with Crippen LogP contribution in [0.1, 0.15) is 12.0 Å². The summed E-state index contributed by atoms with van der Waals surface area (Å²) in [4.78, 5) is 30.3. The van der Waals surface area contributed by atoms with Crippen molar-refractivity contribution in [1.29, 1.82) is 0 Å². The number of anilines is 1. The molecule has 2 amide bonds. The van der Waals surface area contributed by atoms with Gasteiger partial charge in [-0.3, -0.25) is 14.5 Å². The van der Waals surface area contributed by atoms with Gasteiger partial charge in [0.05, 0.1) is 16.3 Å². The second kappa shape index (κ2) is 9.15. The van der Waals surface area contributed by atoms with E-state index < -0.39 is 22.0 Å². The molecule has 1 aliphatic heterocycles. The molecule has 1 fully saturated rings. The molecular formula is C19H14ClF3IN3O2S. The molecular weight excluding hydrogens is 554 g/mol. The Labute approximate surface area is 193 Å². The minimum atomic E-state index is -4.63. The van der Waals surface area contributed by atoms with Crippen molar-refractivity contribution < 1.29 is 22.8 Å². The molecule has 0 aromatic heterocycles. The lowest BCUT2D eigenvalue weighted by Crippen LogP contribution is -2.43. The number of thioether (sulfide) groups is 1. The van der Waals surface area contributed by atoms with Crippen LogP contribution < -0.4 is 5.32 Å². The zero-order valence-electron chi connectivity index (χ0n) is 15.3. The lowest BCUT2D eigenvalue weighted by molar-refractivity contribution is -0.137. The van der Waals surface area contributed by atoms with Crippen LogP contribution in [-0.4, -0.2) is 34.2 Å². The number of carbonyl (C=O) groups excluding carboxylic acids is 2. The van der Waals surface area contributed by atoms with Crippen LogP contribution in [0.5, 0.6) is 0 Å². The number of benzene rings is 2. The number of aliphatic imine (C=N–C) groups is 1. The normalized spacial score (nSPS) is 18.6. The number of hydrogen-bond acceptors (Lipinski definition) is 4. The SMILES string of the molecule is CN1C(=O)CC(C(=O)Nc2ccc(I)cc2)SC1=Nc1ccc(Cl)c(C(F)(F)F)c1. The third-order valence-corrected chi connectivity index (χ3v) is 6.44. The minimum Gasteiger partial charge on any atom is -0.325 e. The standard InChI is InChI=1S/C19H14ClF3IN3O2S/c1-27-16(28)9-15(17(29)25-11-4-2-10(24)3-5-11)30-18(27)26-12-6-7-14(20)13(8-12)19(21,22)23/h2-8,15H,9H2,1H3,(H,25,29). The number of nitrogens with one attached hydrogen (secondary N) is 1. The molecule has 0 saturated carbocycles. The highest BCUT2D eigenvalue weighted by Crippen LogP contribution is 2.37. The molecule has 2 aromatic rings. The number of alkyl halides is 3. The van der Waals surface area contributed by atoms with Crippen molar-refractivity contribution >= 4 is 74.3 Å². The molecule has 5 nitrogen and oxygen atoms in total. The van der Waals surface area contributed by atoms with Crippen molar-refractivity contribution in [1.82, 2.24) is 4.90 Å². The van der Waals surface area contributed by atoms with Crippen LogP contribution in [0.2, 0.25) is 5.02 Å². The topological polar surface area (TPSA) is 61.8 Å². The average molecular weight is 568 g/mol. The fourth-order valence-electron chi connectivity index (χ4n) is 2.56. The predicted molar refractivity (Wildman–Crippen MR) is 120 cm³/mol. The van der Waals surface area contributed by atoms with Gasteiger partial charge >= 0.3 is 6.18 Å². The van der Waals surface area contributed by atoms with E-state index in [9.17, 15) is 22.8 Å². The molecule has 1 atom stereocenters. The maximum atomic E-state index is 13.1. The fraction of sp³-hybridized carbons (Fsp3) is 0.211. The van der Waals surface area contributed by atoms with Gasteiger partial charge in [-0.2, -0.15) is 13.2 Å². The van der Waals surface area contributed by atoms with Crippen LogP contribution >= 0.6 is 46.0 Å². The molecule has 0 aliphatic carbocycles. The summed E-state index contributed by atoms with van der Waals surface area (Å²) in [6.07, 6.45) is -4.69. The molecule has 1 heterocycles. The summed E-state index contributed by atoms with van der Waals surface area (Å²) in [6, 6.07) is 10.4. The molecule has 30 heavy (non-hydrogen) atoms. The van der Waals surface area contributed by atoms with Gasteiger partial charge in [0.2, 0.25) is 11.8 Å². The number of hydrogen-bond donors (Lipinski definition) is 1. The fourth-order valence-corrected chi connectivity index (χ4v) is 4.21. The van der Waals surface area contributed by atoms with Gasteiger partial charge in [-0.1, -0.05) is 23.4 Å². The van der Waals surface area contributed by atoms with Crippen molar-refractivity contribution in [2.75, 3.05) is 12.4 Å². The van der Waals surface area contributed by atoms with E-state index in [-0.39, 0.29) is 29.1 Å². The number of nitrogens with zero attached hydrogens (tertiary/aromatic N) is 2. The zero-order valence-corrected chi connectivity index (χ0v) is 19.1. The average Bonchev–Trinajstić information content (AvgIpc) is 2.67. The van der Waals surface area contributed by atoms with E-state index in [0.29, 0.717) is 5.69 Å². The smallest absolute Gasteiger partial charge is 0.325 e. The van der Waals surface area contributed by atoms with E-state index in [2.05, 4.69) is 32.9 Å². The second-order valence-corrected chi connectivity index (χ2v) is 9.14. The molecule has 0 radical (unpaired) electrons. The van der Waals surface area contributed by atoms with Crippen molar-refractivity contribution in [3.63, 3.8) is 0 Å². The largest absolute Gasteiger partial charge is 0.417 e. The van der Waals surface area contributed by atoms with E-state index in [0.717, 1.165) is 27.5 Å². The van der Waals surface area contributed by atoms with Crippen molar-refractivity contribution in [2.45, 2.75) is 17.8 Å². The van der Waals surface area contributed by atoms with Gasteiger partial charge in [-0.15, -0.1) is 0 Å². The lowest BCUT2D eigenvalue weighted by atomic mass is 10.2. The molecule has 0 bridgehead atoms. The van der Waals surface area contributed by atoms with Crippen molar-refractivity contribution in [2.24, 2.45) is 4.99 Å². The summed E-state index contributed by atoms with van der Waals surface area (Å²) in [6.45, 7) is 0. The van der Waals surface area contributed by atoms with E-state index in [1.54, 1.807) is 12.1 Å². The zero-order chi connectivity index (χ0) is 22.1. The molecule has 0 spiro atoms. The highest BCUT2D eigenvalue weighted by Gasteiger charge is 2.35. The van der Waals surface area contributed by atoms with Gasteiger partial charge in [0.25, 0.3) is 0 Å². The van der Waals surface area contributed by atoms with E-state index in [4.69, 9.17) is 11.6 Å². The highest BCUT2D eigenvalue weighted by molar-refractivity contribution is 14.1. The number of amides is 2. The summed E-state index contributed by atoms with van der Waals surface area (Å²) < 4.78 is 40.3. The lowest BCUT2D eigenvalue weighted by Gasteiger charge is -2.28. The summed E-state index contributed by atoms with van der Waals surface area (Å²) in [5.74, 6) is -0.747. The molecule has 1 N–H and O–H groups in total. The van der Waals surface area contributed by atoms with Gasteiger partial charge in [0.1, 0.15) is 5.25 Å². The molecule has 2 aromatic carbocycles.